The van der Waals surface area contributed by atoms with E-state index in [2.05, 4.69) is 81.9 Å². The summed E-state index contributed by atoms with van der Waals surface area (Å²) in [5.41, 5.74) is 5.44. The summed E-state index contributed by atoms with van der Waals surface area (Å²) in [5, 5.41) is 8.48. The molecule has 0 saturated carbocycles. The van der Waals surface area contributed by atoms with Gasteiger partial charge in [0.05, 0.1) is 0 Å². The lowest BCUT2D eigenvalue weighted by molar-refractivity contribution is 0.261. The van der Waals surface area contributed by atoms with Crippen LogP contribution in [0.4, 0.5) is 5.69 Å². The zero-order valence-electron chi connectivity index (χ0n) is 15.5. The van der Waals surface area contributed by atoms with Crippen molar-refractivity contribution < 1.29 is 0 Å². The van der Waals surface area contributed by atoms with Gasteiger partial charge in [0.1, 0.15) is 11.7 Å². The Morgan fingerprint density at radius 2 is 1.96 bits per heavy atom. The predicted octanol–water partition coefficient (Wildman–Crippen LogP) is 3.23. The Balaban J connectivity index is 1.76. The average molecular weight is 346 g/mol. The minimum Gasteiger partial charge on any atom is -0.367 e. The van der Waals surface area contributed by atoms with Gasteiger partial charge < -0.3 is 15.2 Å². The molecule has 1 aromatic heterocycles. The summed E-state index contributed by atoms with van der Waals surface area (Å²) in [7, 11) is 4.26. The van der Waals surface area contributed by atoms with E-state index in [4.69, 9.17) is 0 Å². The number of nitrogens with one attached hydrogen (secondary N) is 2. The Kier molecular flexibility index (Phi) is 3.59. The van der Waals surface area contributed by atoms with Crippen LogP contribution in [0.2, 0.25) is 0 Å². The van der Waals surface area contributed by atoms with Crippen LogP contribution in [0.3, 0.4) is 0 Å². The fraction of sp³-hybridized carbons (Fsp3) is 0.364. The first-order valence-electron chi connectivity index (χ1n) is 9.56. The van der Waals surface area contributed by atoms with Gasteiger partial charge in [-0.3, -0.25) is 4.90 Å². The molecule has 0 radical (unpaired) electrons. The van der Waals surface area contributed by atoms with Crippen LogP contribution < -0.4 is 10.6 Å². The lowest BCUT2D eigenvalue weighted by Crippen LogP contribution is -2.46. The predicted molar refractivity (Wildman–Crippen MR) is 108 cm³/mol. The summed E-state index contributed by atoms with van der Waals surface area (Å²) < 4.78 is 2.57. The van der Waals surface area contributed by atoms with Gasteiger partial charge in [-0.2, -0.15) is 0 Å². The third kappa shape index (κ3) is 2.03. The minimum absolute atomic E-state index is 0.0388. The van der Waals surface area contributed by atoms with Gasteiger partial charge in [0, 0.05) is 34.9 Å². The molecule has 4 heteroatoms. The highest BCUT2D eigenvalue weighted by atomic mass is 15.4. The zero-order valence-corrected chi connectivity index (χ0v) is 15.5. The minimum atomic E-state index is -0.0388. The molecule has 2 atom stereocenters. The Labute approximate surface area is 154 Å². The molecule has 0 amide bonds. The molecule has 1 saturated heterocycles. The van der Waals surface area contributed by atoms with Gasteiger partial charge in [-0.1, -0.05) is 36.4 Å². The molecule has 3 aromatic rings. The van der Waals surface area contributed by atoms with Crippen molar-refractivity contribution in [3.8, 4) is 0 Å². The van der Waals surface area contributed by atoms with Crippen molar-refractivity contribution in [1.82, 2.24) is 14.8 Å². The van der Waals surface area contributed by atoms with E-state index in [-0.39, 0.29) is 5.54 Å². The van der Waals surface area contributed by atoms with E-state index in [1.54, 1.807) is 0 Å². The van der Waals surface area contributed by atoms with Gasteiger partial charge in [-0.15, -0.1) is 0 Å². The smallest absolute Gasteiger partial charge is 0.108 e. The number of likely N-dealkylation sites (N-methyl/N-ethyl adjacent to an activating group) is 2. The highest BCUT2D eigenvalue weighted by Crippen LogP contribution is 2.50. The number of nitrogens with zero attached hydrogens (tertiary/aromatic N) is 2. The topological polar surface area (TPSA) is 32.2 Å². The Hall–Kier alpha value is -2.30. The van der Waals surface area contributed by atoms with Crippen LogP contribution in [0.5, 0.6) is 0 Å². The van der Waals surface area contributed by atoms with Crippen LogP contribution in [0, 0.1) is 0 Å². The number of rotatable bonds is 4. The summed E-state index contributed by atoms with van der Waals surface area (Å²) >= 11 is 0. The van der Waals surface area contributed by atoms with Crippen molar-refractivity contribution in [3.63, 3.8) is 0 Å². The van der Waals surface area contributed by atoms with Gasteiger partial charge in [-0.05, 0) is 51.2 Å². The van der Waals surface area contributed by atoms with Crippen LogP contribution in [0.15, 0.2) is 54.7 Å². The molecule has 134 valence electrons. The summed E-state index contributed by atoms with van der Waals surface area (Å²) in [6, 6.07) is 17.7. The van der Waals surface area contributed by atoms with Crippen molar-refractivity contribution in [3.05, 3.63) is 65.9 Å². The maximum Gasteiger partial charge on any atom is 0.108 e. The van der Waals surface area contributed by atoms with E-state index >= 15 is 0 Å². The number of para-hydroxylation sites is 2. The summed E-state index contributed by atoms with van der Waals surface area (Å²) in [4.78, 5) is 2.46. The number of anilines is 1. The van der Waals surface area contributed by atoms with E-state index in [0.717, 1.165) is 25.9 Å². The molecule has 3 heterocycles. The van der Waals surface area contributed by atoms with Gasteiger partial charge in [0.2, 0.25) is 0 Å². The van der Waals surface area contributed by atoms with E-state index in [9.17, 15) is 0 Å². The van der Waals surface area contributed by atoms with Crippen molar-refractivity contribution in [1.29, 1.82) is 0 Å². The van der Waals surface area contributed by atoms with Crippen LogP contribution in [-0.4, -0.2) is 42.8 Å². The Bertz CT molecular complexity index is 960. The molecule has 1 unspecified atom stereocenters. The first-order valence-corrected chi connectivity index (χ1v) is 9.56. The largest absolute Gasteiger partial charge is 0.367 e. The number of fused-ring (bicyclic) bond motifs is 4. The van der Waals surface area contributed by atoms with Crippen LogP contribution >= 0.6 is 0 Å². The molecule has 4 nitrogen and oxygen atoms in total. The third-order valence-corrected chi connectivity index (χ3v) is 6.29. The molecule has 0 aliphatic carbocycles. The quantitative estimate of drug-likeness (QED) is 0.761. The summed E-state index contributed by atoms with van der Waals surface area (Å²) in [5.74, 6) is 0. The van der Waals surface area contributed by atoms with Crippen LogP contribution in [0.1, 0.15) is 17.5 Å². The molecular weight excluding hydrogens is 320 g/mol. The number of benzene rings is 2. The SMILES string of the molecule is CNCCc1cn([C@@]23CCN(C)C2Nc2ccccc23)c2ccccc12. The number of hydrogen-bond donors (Lipinski definition) is 2. The highest BCUT2D eigenvalue weighted by molar-refractivity contribution is 5.85. The van der Waals surface area contributed by atoms with E-state index in [0.29, 0.717) is 6.17 Å². The number of hydrogen-bond acceptors (Lipinski definition) is 3. The molecule has 2 aliphatic rings. The summed E-state index contributed by atoms with van der Waals surface area (Å²) in [6.45, 7) is 2.10. The molecule has 5 rings (SSSR count). The van der Waals surface area contributed by atoms with Crippen LogP contribution in [0.25, 0.3) is 10.9 Å². The molecule has 26 heavy (non-hydrogen) atoms. The average Bonchev–Trinajstić information content (AvgIpc) is 3.31. The fourth-order valence-electron chi connectivity index (χ4n) is 5.04. The first kappa shape index (κ1) is 15.9. The highest BCUT2D eigenvalue weighted by Gasteiger charge is 2.54. The van der Waals surface area contributed by atoms with Gasteiger partial charge in [0.25, 0.3) is 0 Å². The monoisotopic (exact) mass is 346 g/mol. The normalized spacial score (nSPS) is 24.6. The second-order valence-corrected chi connectivity index (χ2v) is 7.64. The van der Waals surface area contributed by atoms with E-state index in [1.807, 2.05) is 7.05 Å². The lowest BCUT2D eigenvalue weighted by atomic mass is 9.88. The molecule has 2 aromatic carbocycles. The maximum atomic E-state index is 3.80. The zero-order chi connectivity index (χ0) is 17.7. The standard InChI is InChI=1S/C22H26N4/c1-23-13-11-16-15-26(20-10-6-3-7-17(16)20)22-12-14-25(2)21(22)24-19-9-5-4-8-18(19)22/h3-10,15,21,23-24H,11-14H2,1-2H3/t21?,22-/m1/s1. The van der Waals surface area contributed by atoms with Gasteiger partial charge in [0.15, 0.2) is 0 Å². The van der Waals surface area contributed by atoms with E-state index < -0.39 is 0 Å². The second-order valence-electron chi connectivity index (χ2n) is 7.64. The molecule has 1 fully saturated rings. The first-order chi connectivity index (χ1) is 12.8. The molecular formula is C22H26N4. The third-order valence-electron chi connectivity index (χ3n) is 6.29. The molecule has 0 spiro atoms. The number of aromatic nitrogens is 1. The second kappa shape index (κ2) is 5.86. The van der Waals surface area contributed by atoms with Gasteiger partial charge in [-0.25, -0.2) is 0 Å². The van der Waals surface area contributed by atoms with Crippen molar-refractivity contribution in [2.45, 2.75) is 24.5 Å². The van der Waals surface area contributed by atoms with Crippen molar-refractivity contribution in [2.24, 2.45) is 0 Å². The molecule has 2 N–H and O–H groups in total. The van der Waals surface area contributed by atoms with E-state index in [1.165, 1.54) is 27.7 Å². The lowest BCUT2D eigenvalue weighted by Gasteiger charge is -2.34. The summed E-state index contributed by atoms with van der Waals surface area (Å²) in [6.07, 6.45) is 4.89. The van der Waals surface area contributed by atoms with Crippen molar-refractivity contribution >= 4 is 16.6 Å². The van der Waals surface area contributed by atoms with Crippen LogP contribution in [-0.2, 0) is 12.0 Å². The Morgan fingerprint density at radius 1 is 1.15 bits per heavy atom. The molecule has 0 bridgehead atoms. The van der Waals surface area contributed by atoms with Crippen molar-refractivity contribution in [2.75, 3.05) is 32.5 Å². The van der Waals surface area contributed by atoms with Gasteiger partial charge >= 0.3 is 0 Å². The fourth-order valence-corrected chi connectivity index (χ4v) is 5.04. The Morgan fingerprint density at radius 3 is 2.85 bits per heavy atom. The number of likely N-dealkylation sites (tertiary alicyclic amines) is 1. The maximum absolute atomic E-state index is 3.80. The molecule has 2 aliphatic heterocycles.